The van der Waals surface area contributed by atoms with E-state index in [0.717, 1.165) is 6.92 Å². The highest BCUT2D eigenvalue weighted by Gasteiger charge is 2.38. The van der Waals surface area contributed by atoms with Gasteiger partial charge in [0, 0.05) is 19.5 Å². The van der Waals surface area contributed by atoms with E-state index in [0.29, 0.717) is 37.8 Å². The van der Waals surface area contributed by atoms with E-state index in [4.69, 9.17) is 51.6 Å². The summed E-state index contributed by atoms with van der Waals surface area (Å²) in [6.07, 6.45) is -1.65. The molecule has 14 amide bonds. The summed E-state index contributed by atoms with van der Waals surface area (Å²) < 4.78 is 0. The maximum atomic E-state index is 14.4. The fraction of sp³-hybridized carbons (Fsp3) is 0.657. The Hall–Kier alpha value is -11.0. The highest BCUT2D eigenvalue weighted by molar-refractivity contribution is 6.01. The quantitative estimate of drug-likeness (QED) is 0.0164. The Labute approximate surface area is 661 Å². The first kappa shape index (κ1) is 101. The molecule has 44 nitrogen and oxygen atoms in total. The molecule has 0 spiro atoms. The summed E-state index contributed by atoms with van der Waals surface area (Å²) in [6, 6.07) is -11.3. The largest absolute Gasteiger partial charge is 0.481 e. The zero-order valence-corrected chi connectivity index (χ0v) is 65.3. The summed E-state index contributed by atoms with van der Waals surface area (Å²) >= 11 is 0. The molecule has 14 atom stereocenters. The van der Waals surface area contributed by atoms with Crippen molar-refractivity contribution in [1.29, 1.82) is 0 Å². The number of carboxylic acids is 2. The van der Waals surface area contributed by atoms with Crippen LogP contribution in [0.15, 0.2) is 40.3 Å². The number of carbonyl (C=O) groups is 16. The van der Waals surface area contributed by atoms with Crippen LogP contribution in [0.3, 0.4) is 0 Å². The van der Waals surface area contributed by atoms with Gasteiger partial charge in [-0.25, -0.2) is 4.79 Å². The van der Waals surface area contributed by atoms with Crippen molar-refractivity contribution < 1.29 is 97.1 Å². The lowest BCUT2D eigenvalue weighted by molar-refractivity contribution is -0.143. The Morgan fingerprint density at radius 2 is 0.807 bits per heavy atom. The number of hydrogen-bond acceptors (Lipinski definition) is 24. The number of nitrogens with zero attached hydrogens (tertiary/aromatic N) is 2. The SMILES string of the molecule is CC[C@H](C)[C@H](NC(=O)[C@H](CCCN=C(N)N)NC(=O)[C@H](CC(N)=O)NC(=O)[C@H](CO)NC(=O)[C@H](Cc1ccccc1)NC(=O)[C@H](CC(=O)O)NC(=O)[C@H](CC(C)C)NC(=O)CNC(=O)[C@@H](N)CCCCN)C(=O)NCC(=O)N[C@@H](CCCCN)C(=O)N[C@H](C(=O)N[C@@H](CCCCN)C(=O)N[C@@H](CCCN=C(N)N)C(=O)O)[C@@H](C)O. The van der Waals surface area contributed by atoms with Gasteiger partial charge in [-0.3, -0.25) is 81.9 Å². The van der Waals surface area contributed by atoms with Crippen molar-refractivity contribution in [2.45, 2.75) is 229 Å². The second-order valence-corrected chi connectivity index (χ2v) is 27.7. The number of nitrogens with one attached hydrogen (secondary N) is 13. The molecule has 0 heterocycles. The third kappa shape index (κ3) is 41.5. The van der Waals surface area contributed by atoms with Gasteiger partial charge in [-0.2, -0.15) is 0 Å². The maximum absolute atomic E-state index is 14.4. The lowest BCUT2D eigenvalue weighted by Crippen LogP contribution is -2.61. The first-order valence-electron chi connectivity index (χ1n) is 37.7. The monoisotopic (exact) mass is 1620 g/mol. The average Bonchev–Trinajstić information content (AvgIpc) is 0.854. The zero-order chi connectivity index (χ0) is 86.2. The minimum Gasteiger partial charge on any atom is -0.481 e. The first-order chi connectivity index (χ1) is 53.8. The van der Waals surface area contributed by atoms with Crippen molar-refractivity contribution in [2.75, 3.05) is 52.4 Å². The molecular weight excluding hydrogens is 1500 g/mol. The smallest absolute Gasteiger partial charge is 0.326 e. The normalized spacial score (nSPS) is 14.7. The molecule has 642 valence electrons. The van der Waals surface area contributed by atoms with Gasteiger partial charge in [0.2, 0.25) is 82.7 Å². The molecule has 0 aliphatic rings. The van der Waals surface area contributed by atoms with Gasteiger partial charge in [-0.1, -0.05) is 70.9 Å². The molecule has 0 saturated carbocycles. The Morgan fingerprint density at radius 3 is 1.27 bits per heavy atom. The summed E-state index contributed by atoms with van der Waals surface area (Å²) in [6.45, 7) is 5.78. The molecule has 0 aromatic heterocycles. The van der Waals surface area contributed by atoms with Crippen LogP contribution < -0.4 is 121 Å². The lowest BCUT2D eigenvalue weighted by Gasteiger charge is -2.28. The summed E-state index contributed by atoms with van der Waals surface area (Å²) in [5.41, 5.74) is 50.5. The number of aliphatic hydroxyl groups excluding tert-OH is 2. The molecule has 0 saturated heterocycles. The van der Waals surface area contributed by atoms with E-state index >= 15 is 0 Å². The Kier molecular flexibility index (Phi) is 49.2. The highest BCUT2D eigenvalue weighted by Crippen LogP contribution is 2.14. The summed E-state index contributed by atoms with van der Waals surface area (Å²) in [4.78, 5) is 225. The van der Waals surface area contributed by atoms with Crippen LogP contribution in [0.2, 0.25) is 0 Å². The van der Waals surface area contributed by atoms with Gasteiger partial charge in [0.25, 0.3) is 0 Å². The molecule has 0 radical (unpaired) electrons. The summed E-state index contributed by atoms with van der Waals surface area (Å²) in [7, 11) is 0. The number of aliphatic carboxylic acids is 2. The van der Waals surface area contributed by atoms with Crippen LogP contribution in [0.1, 0.15) is 149 Å². The Bertz CT molecular complexity index is 3360. The number of rotatable bonds is 59. The predicted octanol–water partition coefficient (Wildman–Crippen LogP) is -9.48. The standard InChI is InChI=1S/C70H122N24O20/c1-6-38(4)55(66(111)83-35-52(98)84-42(21-11-14-26-72)59(104)94-56(39(5)96)67(112)87-43(22-12-15-27-73)58(103)88-45(68(113)114)24-17-29-81-70(78)79)93-60(105)44(23-16-28-80-69(76)77)86-63(108)48(32-51(75)97)90-65(110)50(36-95)92-62(107)47(31-40-18-8-7-9-19-40)89-64(109)49(33-54(100)101)91-61(106)46(30-37(2)3)85-53(99)34-82-57(102)41(74)20-10-13-25-71/h7-9,18-19,37-39,41-50,55-56,95-96H,6,10-17,20-36,71-74H2,1-5H3,(H2,75,97)(H,82,102)(H,83,111)(H,84,98)(H,85,99)(H,86,108)(H,87,112)(H,88,103)(H,89,109)(H,90,110)(H,91,106)(H,92,107)(H,93,105)(H,94,104)(H,100,101)(H,113,114)(H4,76,77,80)(H4,78,79,81)/t38-,39+,41-,42-,43-,44-,45-,46-,47-,48-,49-,50-,55-,56-/m0/s1. The molecule has 1 aromatic carbocycles. The van der Waals surface area contributed by atoms with Gasteiger partial charge in [-0.05, 0) is 127 Å². The zero-order valence-electron chi connectivity index (χ0n) is 65.3. The van der Waals surface area contributed by atoms with Crippen molar-refractivity contribution in [3.8, 4) is 0 Å². The van der Waals surface area contributed by atoms with E-state index in [1.165, 1.54) is 0 Å². The second-order valence-electron chi connectivity index (χ2n) is 27.7. The lowest BCUT2D eigenvalue weighted by atomic mass is 9.97. The Balaban J connectivity index is 3.56. The molecule has 0 unspecified atom stereocenters. The molecule has 114 heavy (non-hydrogen) atoms. The number of hydrogen-bond donors (Lipinski definition) is 26. The summed E-state index contributed by atoms with van der Waals surface area (Å²) in [5, 5.41) is 72.3. The third-order valence-corrected chi connectivity index (χ3v) is 17.5. The van der Waals surface area contributed by atoms with Crippen molar-refractivity contribution in [1.82, 2.24) is 69.1 Å². The fourth-order valence-electron chi connectivity index (χ4n) is 11.0. The van der Waals surface area contributed by atoms with E-state index in [1.54, 1.807) is 58.0 Å². The first-order valence-corrected chi connectivity index (χ1v) is 37.7. The van der Waals surface area contributed by atoms with Crippen molar-refractivity contribution in [2.24, 2.45) is 73.4 Å². The maximum Gasteiger partial charge on any atom is 0.326 e. The van der Waals surface area contributed by atoms with E-state index in [2.05, 4.69) is 79.1 Å². The Morgan fingerprint density at radius 1 is 0.421 bits per heavy atom. The third-order valence-electron chi connectivity index (χ3n) is 17.5. The number of benzene rings is 1. The minimum absolute atomic E-state index is 0.0455. The van der Waals surface area contributed by atoms with Gasteiger partial charge in [0.1, 0.15) is 66.5 Å². The van der Waals surface area contributed by atoms with Gasteiger partial charge < -0.3 is 141 Å². The number of carbonyl (C=O) groups excluding carboxylic acids is 14. The van der Waals surface area contributed by atoms with Crippen LogP contribution in [-0.2, 0) is 83.1 Å². The van der Waals surface area contributed by atoms with Gasteiger partial charge in [0.05, 0.1) is 44.7 Å². The van der Waals surface area contributed by atoms with E-state index in [9.17, 15) is 97.1 Å². The highest BCUT2D eigenvalue weighted by atomic mass is 16.4. The molecule has 0 aliphatic heterocycles. The van der Waals surface area contributed by atoms with Gasteiger partial charge in [-0.15, -0.1) is 0 Å². The number of guanidine groups is 2. The van der Waals surface area contributed by atoms with E-state index in [-0.39, 0.29) is 121 Å². The molecule has 0 fully saturated rings. The molecule has 1 aromatic rings. The molecule has 1 rings (SSSR count). The van der Waals surface area contributed by atoms with Gasteiger partial charge in [0.15, 0.2) is 11.9 Å². The van der Waals surface area contributed by atoms with Crippen LogP contribution in [0.4, 0.5) is 0 Å². The van der Waals surface area contributed by atoms with E-state index in [1.807, 2.05) is 0 Å². The average molecular weight is 1620 g/mol. The van der Waals surface area contributed by atoms with Crippen LogP contribution in [0, 0.1) is 11.8 Å². The fourth-order valence-corrected chi connectivity index (χ4v) is 11.0. The minimum atomic E-state index is -2.01. The molecule has 0 bridgehead atoms. The van der Waals surface area contributed by atoms with Crippen LogP contribution >= 0.6 is 0 Å². The van der Waals surface area contributed by atoms with Crippen molar-refractivity contribution >= 4 is 107 Å². The second kappa shape index (κ2) is 55.5. The number of carboxylic acid groups (broad SMARTS) is 2. The molecular formula is C70H122N24O20. The van der Waals surface area contributed by atoms with Crippen molar-refractivity contribution in [3.05, 3.63) is 35.9 Å². The number of amides is 14. The van der Waals surface area contributed by atoms with E-state index < -0.39 is 212 Å². The number of primary amides is 1. The van der Waals surface area contributed by atoms with Crippen LogP contribution in [0.5, 0.6) is 0 Å². The molecule has 44 heteroatoms. The predicted molar refractivity (Wildman–Crippen MR) is 415 cm³/mol. The van der Waals surface area contributed by atoms with Crippen molar-refractivity contribution in [3.63, 3.8) is 0 Å². The van der Waals surface area contributed by atoms with Crippen LogP contribution in [0.25, 0.3) is 0 Å². The molecule has 0 aliphatic carbocycles. The number of nitrogens with two attached hydrogens (primary N) is 9. The number of aliphatic imine (C=N–C) groups is 2. The number of unbranched alkanes of at least 4 members (excludes halogenated alkanes) is 3. The topological polar surface area (TPSA) is 769 Å². The van der Waals surface area contributed by atoms with Crippen LogP contribution in [-0.4, -0.2) is 258 Å². The molecule has 35 N–H and O–H groups in total. The summed E-state index contributed by atoms with van der Waals surface area (Å²) in [5.74, 6) is -19.3. The number of aliphatic hydroxyl groups is 2. The van der Waals surface area contributed by atoms with Gasteiger partial charge >= 0.3 is 11.9 Å².